The minimum atomic E-state index is -0.588. The van der Waals surface area contributed by atoms with Crippen molar-refractivity contribution in [1.82, 2.24) is 10.2 Å². The largest absolute Gasteiger partial charge is 0.493 e. The van der Waals surface area contributed by atoms with E-state index in [0.717, 1.165) is 18.4 Å². The maximum Gasteiger partial charge on any atom is 0.235 e. The van der Waals surface area contributed by atoms with Crippen LogP contribution in [-0.4, -0.2) is 62.5 Å². The Morgan fingerprint density at radius 2 is 1.77 bits per heavy atom. The third-order valence-corrected chi connectivity index (χ3v) is 5.62. The Balaban J connectivity index is 1.89. The van der Waals surface area contributed by atoms with Gasteiger partial charge >= 0.3 is 0 Å². The van der Waals surface area contributed by atoms with Crippen molar-refractivity contribution in [3.05, 3.63) is 23.8 Å². The fourth-order valence-electron chi connectivity index (χ4n) is 4.18. The number of rotatable bonds is 9. The van der Waals surface area contributed by atoms with E-state index in [9.17, 15) is 9.59 Å². The lowest BCUT2D eigenvalue weighted by atomic mass is 9.86. The van der Waals surface area contributed by atoms with Crippen molar-refractivity contribution in [3.63, 3.8) is 0 Å². The highest BCUT2D eigenvalue weighted by molar-refractivity contribution is 6.11. The van der Waals surface area contributed by atoms with E-state index in [1.54, 1.807) is 38.4 Å². The van der Waals surface area contributed by atoms with Gasteiger partial charge in [-0.3, -0.25) is 9.59 Å². The number of ether oxygens (including phenoxy) is 3. The third-order valence-electron chi connectivity index (χ3n) is 5.62. The maximum absolute atomic E-state index is 13.0. The fourth-order valence-corrected chi connectivity index (χ4v) is 4.18. The molecule has 0 saturated carbocycles. The highest BCUT2D eigenvalue weighted by Gasteiger charge is 2.49. The molecule has 2 aliphatic rings. The Bertz CT molecular complexity index is 895. The molecule has 8 heteroatoms. The lowest BCUT2D eigenvalue weighted by molar-refractivity contribution is -0.150. The van der Waals surface area contributed by atoms with Crippen molar-refractivity contribution in [2.24, 2.45) is 10.9 Å². The van der Waals surface area contributed by atoms with Gasteiger partial charge < -0.3 is 24.4 Å². The van der Waals surface area contributed by atoms with E-state index >= 15 is 0 Å². The normalized spacial score (nSPS) is 22.9. The van der Waals surface area contributed by atoms with Crippen molar-refractivity contribution in [2.45, 2.75) is 45.3 Å². The van der Waals surface area contributed by atoms with Crippen LogP contribution in [-0.2, 0) is 9.59 Å². The first-order valence-corrected chi connectivity index (χ1v) is 10.7. The summed E-state index contributed by atoms with van der Waals surface area (Å²) in [5.41, 5.74) is 0.774. The average molecular weight is 430 g/mol. The molecule has 2 aliphatic heterocycles. The van der Waals surface area contributed by atoms with Crippen molar-refractivity contribution >= 4 is 23.6 Å². The summed E-state index contributed by atoms with van der Waals surface area (Å²) in [7, 11) is 4.69. The number of aliphatic imine (C=N–C) groups is 1. The Morgan fingerprint density at radius 3 is 2.39 bits per heavy atom. The lowest BCUT2D eigenvalue weighted by Gasteiger charge is -2.38. The number of carbonyl (C=O) groups excluding carboxylic acids is 2. The Kier molecular flexibility index (Phi) is 7.20. The zero-order valence-electron chi connectivity index (χ0n) is 18.8. The molecule has 1 saturated heterocycles. The van der Waals surface area contributed by atoms with E-state index in [2.05, 4.69) is 10.3 Å². The van der Waals surface area contributed by atoms with Gasteiger partial charge in [0, 0.05) is 12.1 Å². The Labute approximate surface area is 183 Å². The molecule has 0 radical (unpaired) electrons. The van der Waals surface area contributed by atoms with Crippen molar-refractivity contribution in [2.75, 3.05) is 27.9 Å². The smallest absolute Gasteiger partial charge is 0.235 e. The van der Waals surface area contributed by atoms with Gasteiger partial charge in [0.05, 0.1) is 27.2 Å². The molecule has 0 spiro atoms. The van der Waals surface area contributed by atoms with Gasteiger partial charge in [-0.2, -0.15) is 0 Å². The van der Waals surface area contributed by atoms with Crippen LogP contribution in [0.5, 0.6) is 17.2 Å². The van der Waals surface area contributed by atoms with Crippen LogP contribution in [0.3, 0.4) is 0 Å². The summed E-state index contributed by atoms with van der Waals surface area (Å²) in [5.74, 6) is 1.41. The number of hydrogen-bond donors (Lipinski definition) is 1. The van der Waals surface area contributed by atoms with Crippen LogP contribution in [0.1, 0.15) is 38.7 Å². The summed E-state index contributed by atoms with van der Waals surface area (Å²) in [6.07, 6.45) is 5.29. The lowest BCUT2D eigenvalue weighted by Crippen LogP contribution is -2.61. The monoisotopic (exact) mass is 429 g/mol. The molecule has 3 unspecified atom stereocenters. The number of nitrogens with zero attached hydrogens (tertiary/aromatic N) is 2. The minimum absolute atomic E-state index is 0.0694. The van der Waals surface area contributed by atoms with Crippen molar-refractivity contribution in [1.29, 1.82) is 0 Å². The molecular formula is C23H31N3O5. The van der Waals surface area contributed by atoms with Gasteiger partial charge in [-0.1, -0.05) is 20.3 Å². The van der Waals surface area contributed by atoms with E-state index in [-0.39, 0.29) is 11.7 Å². The van der Waals surface area contributed by atoms with E-state index in [4.69, 9.17) is 14.2 Å². The van der Waals surface area contributed by atoms with Crippen LogP contribution in [0.15, 0.2) is 23.2 Å². The summed E-state index contributed by atoms with van der Waals surface area (Å²) >= 11 is 0. The number of amidine groups is 1. The van der Waals surface area contributed by atoms with Crippen LogP contribution in [0.4, 0.5) is 0 Å². The van der Waals surface area contributed by atoms with Gasteiger partial charge in [0.1, 0.15) is 11.9 Å². The predicted molar refractivity (Wildman–Crippen MR) is 119 cm³/mol. The summed E-state index contributed by atoms with van der Waals surface area (Å²) in [5, 5.41) is 3.22. The SMILES string of the molecule is CCCC1C(=O)C2NC(/C=C/c3ccc(OC)c(OC)c3OC)=NC2N(CCC)C1=O. The third kappa shape index (κ3) is 4.24. The van der Waals surface area contributed by atoms with E-state index in [1.165, 1.54) is 0 Å². The van der Waals surface area contributed by atoms with Crippen LogP contribution in [0.25, 0.3) is 6.08 Å². The summed E-state index contributed by atoms with van der Waals surface area (Å²) in [6.45, 7) is 4.59. The maximum atomic E-state index is 13.0. The van der Waals surface area contributed by atoms with Crippen LogP contribution >= 0.6 is 0 Å². The summed E-state index contributed by atoms with van der Waals surface area (Å²) in [6, 6.07) is 3.15. The number of methoxy groups -OCH3 is 3. The number of nitrogens with one attached hydrogen (secondary N) is 1. The molecule has 3 rings (SSSR count). The first-order valence-electron chi connectivity index (χ1n) is 10.7. The zero-order valence-corrected chi connectivity index (χ0v) is 18.8. The molecule has 0 aliphatic carbocycles. The number of carbonyl (C=O) groups is 2. The second-order valence-electron chi connectivity index (χ2n) is 7.58. The minimum Gasteiger partial charge on any atom is -0.493 e. The van der Waals surface area contributed by atoms with Crippen molar-refractivity contribution < 1.29 is 23.8 Å². The van der Waals surface area contributed by atoms with Crippen LogP contribution in [0.2, 0.25) is 0 Å². The van der Waals surface area contributed by atoms with E-state index in [1.807, 2.05) is 26.0 Å². The number of piperidine rings is 1. The molecule has 1 amide bonds. The molecule has 8 nitrogen and oxygen atoms in total. The number of ketones is 1. The topological polar surface area (TPSA) is 89.5 Å². The molecule has 1 fully saturated rings. The second kappa shape index (κ2) is 9.85. The number of fused-ring (bicyclic) bond motifs is 1. The van der Waals surface area contributed by atoms with Crippen molar-refractivity contribution in [3.8, 4) is 17.2 Å². The van der Waals surface area contributed by atoms with Gasteiger partial charge in [0.25, 0.3) is 0 Å². The number of amides is 1. The Morgan fingerprint density at radius 1 is 1.03 bits per heavy atom. The highest BCUT2D eigenvalue weighted by atomic mass is 16.5. The summed E-state index contributed by atoms with van der Waals surface area (Å²) in [4.78, 5) is 32.3. The van der Waals surface area contributed by atoms with Gasteiger partial charge in [-0.25, -0.2) is 4.99 Å². The van der Waals surface area contributed by atoms with Crippen LogP contribution in [0, 0.1) is 5.92 Å². The first kappa shape index (κ1) is 22.7. The van der Waals surface area contributed by atoms with Gasteiger partial charge in [-0.05, 0) is 37.1 Å². The van der Waals surface area contributed by atoms with Gasteiger partial charge in [-0.15, -0.1) is 0 Å². The summed E-state index contributed by atoms with van der Waals surface area (Å²) < 4.78 is 16.3. The van der Waals surface area contributed by atoms with Gasteiger partial charge in [0.2, 0.25) is 11.7 Å². The molecule has 2 heterocycles. The Hall–Kier alpha value is -3.03. The molecule has 0 bridgehead atoms. The molecule has 1 N–H and O–H groups in total. The van der Waals surface area contributed by atoms with Crippen LogP contribution < -0.4 is 19.5 Å². The molecular weight excluding hydrogens is 398 g/mol. The fraction of sp³-hybridized carbons (Fsp3) is 0.522. The average Bonchev–Trinajstić information content (AvgIpc) is 3.21. The van der Waals surface area contributed by atoms with E-state index in [0.29, 0.717) is 36.0 Å². The molecule has 31 heavy (non-hydrogen) atoms. The zero-order chi connectivity index (χ0) is 22.5. The number of hydrogen-bond acceptors (Lipinski definition) is 7. The molecule has 3 atom stereocenters. The highest BCUT2D eigenvalue weighted by Crippen LogP contribution is 2.40. The quantitative estimate of drug-likeness (QED) is 0.607. The number of benzene rings is 1. The second-order valence-corrected chi connectivity index (χ2v) is 7.58. The molecule has 168 valence electrons. The molecule has 1 aromatic rings. The number of Topliss-reactive ketones (excluding diaryl/α,β-unsaturated/α-hetero) is 1. The first-order chi connectivity index (χ1) is 15.0. The standard InChI is InChI=1S/C23H31N3O5/c1-6-8-15-19(27)18-22(26(13-7-2)23(15)28)25-17(24-18)12-10-14-9-11-16(29-3)21(31-5)20(14)30-4/h9-12,15,18,22H,6-8,13H2,1-5H3,(H,24,25)/b12-10+. The molecule has 0 aromatic heterocycles. The van der Waals surface area contributed by atoms with Gasteiger partial charge in [0.15, 0.2) is 23.4 Å². The molecule has 1 aromatic carbocycles. The predicted octanol–water partition coefficient (Wildman–Crippen LogP) is 2.66. The number of likely N-dealkylation sites (tertiary alicyclic amines) is 1. The van der Waals surface area contributed by atoms with E-state index < -0.39 is 18.1 Å².